The topological polar surface area (TPSA) is 46.2 Å². The van der Waals surface area contributed by atoms with Crippen LogP contribution in [0.2, 0.25) is 0 Å². The van der Waals surface area contributed by atoms with Gasteiger partial charge >= 0.3 is 0 Å². The van der Waals surface area contributed by atoms with E-state index in [1.54, 1.807) is 24.3 Å². The van der Waals surface area contributed by atoms with Gasteiger partial charge in [0.05, 0.1) is 10.1 Å². The third-order valence-corrected chi connectivity index (χ3v) is 4.73. The average Bonchev–Trinajstić information content (AvgIpc) is 2.72. The fourth-order valence-corrected chi connectivity index (χ4v) is 3.38. The lowest BCUT2D eigenvalue weighted by Gasteiger charge is -2.09. The first-order valence-corrected chi connectivity index (χ1v) is 6.25. The highest BCUT2D eigenvalue weighted by molar-refractivity contribution is 7.92. The van der Waals surface area contributed by atoms with Crippen LogP contribution in [0.3, 0.4) is 0 Å². The number of benzene rings is 1. The molecule has 1 heterocycles. The Hall–Kier alpha value is -0.580. The van der Waals surface area contributed by atoms with Crippen molar-refractivity contribution < 1.29 is 8.42 Å². The van der Waals surface area contributed by atoms with Crippen LogP contribution < -0.4 is 5.32 Å². The molecule has 1 aromatic carbocycles. The van der Waals surface area contributed by atoms with Crippen LogP contribution in [0.4, 0.5) is 0 Å². The van der Waals surface area contributed by atoms with Crippen LogP contribution in [0, 0.1) is 0 Å². The molecule has 2 rings (SSSR count). The van der Waals surface area contributed by atoms with Crippen molar-refractivity contribution in [3.05, 3.63) is 30.3 Å². The molecule has 0 amide bonds. The lowest BCUT2D eigenvalue weighted by Crippen LogP contribution is -2.23. The molecule has 1 aromatic rings. The average molecular weight is 248 g/mol. The maximum atomic E-state index is 12.0. The van der Waals surface area contributed by atoms with E-state index in [4.69, 9.17) is 0 Å². The van der Waals surface area contributed by atoms with E-state index in [2.05, 4.69) is 5.32 Å². The maximum absolute atomic E-state index is 12.0. The van der Waals surface area contributed by atoms with Gasteiger partial charge in [-0.2, -0.15) is 0 Å². The number of hydrogen-bond acceptors (Lipinski definition) is 3. The van der Waals surface area contributed by atoms with Gasteiger partial charge in [-0.15, -0.1) is 12.4 Å². The van der Waals surface area contributed by atoms with Crippen LogP contribution in [0.1, 0.15) is 6.42 Å². The molecular formula is C10H14ClNO2S. The van der Waals surface area contributed by atoms with E-state index in [9.17, 15) is 8.42 Å². The largest absolute Gasteiger partial charge is 0.315 e. The zero-order valence-electron chi connectivity index (χ0n) is 8.22. The van der Waals surface area contributed by atoms with Crippen molar-refractivity contribution in [2.75, 3.05) is 13.1 Å². The summed E-state index contributed by atoms with van der Waals surface area (Å²) in [5.41, 5.74) is 0. The van der Waals surface area contributed by atoms with Crippen LogP contribution in [-0.2, 0) is 9.84 Å². The quantitative estimate of drug-likeness (QED) is 0.856. The van der Waals surface area contributed by atoms with Crippen molar-refractivity contribution in [3.8, 4) is 0 Å². The lowest BCUT2D eigenvalue weighted by molar-refractivity contribution is 0.583. The number of sulfone groups is 1. The van der Waals surface area contributed by atoms with Gasteiger partial charge in [0, 0.05) is 6.54 Å². The third kappa shape index (κ3) is 2.51. The molecule has 1 unspecified atom stereocenters. The first-order valence-electron chi connectivity index (χ1n) is 4.71. The third-order valence-electron chi connectivity index (χ3n) is 2.53. The van der Waals surface area contributed by atoms with Crippen LogP contribution in [0.15, 0.2) is 35.2 Å². The van der Waals surface area contributed by atoms with Gasteiger partial charge < -0.3 is 5.32 Å². The first kappa shape index (κ1) is 12.5. The second-order valence-electron chi connectivity index (χ2n) is 3.47. The van der Waals surface area contributed by atoms with Gasteiger partial charge in [-0.25, -0.2) is 8.42 Å². The van der Waals surface area contributed by atoms with Crippen LogP contribution in [0.5, 0.6) is 0 Å². The van der Waals surface area contributed by atoms with Crippen molar-refractivity contribution in [1.29, 1.82) is 0 Å². The number of rotatable bonds is 2. The molecule has 0 bridgehead atoms. The predicted octanol–water partition coefficient (Wildman–Crippen LogP) is 1.24. The molecule has 1 saturated heterocycles. The van der Waals surface area contributed by atoms with Gasteiger partial charge in [0.25, 0.3) is 0 Å². The van der Waals surface area contributed by atoms with Crippen molar-refractivity contribution in [2.45, 2.75) is 16.6 Å². The molecule has 84 valence electrons. The Labute approximate surface area is 96.2 Å². The van der Waals surface area contributed by atoms with Gasteiger partial charge in [0.1, 0.15) is 0 Å². The van der Waals surface area contributed by atoms with Crippen molar-refractivity contribution in [3.63, 3.8) is 0 Å². The van der Waals surface area contributed by atoms with E-state index in [0.29, 0.717) is 11.4 Å². The van der Waals surface area contributed by atoms with Crippen LogP contribution in [-0.4, -0.2) is 26.8 Å². The van der Waals surface area contributed by atoms with Gasteiger partial charge in [0.2, 0.25) is 0 Å². The van der Waals surface area contributed by atoms with E-state index in [0.717, 1.165) is 13.0 Å². The SMILES string of the molecule is Cl.O=S(=O)(c1ccccc1)C1CCNC1. The molecule has 1 aliphatic rings. The summed E-state index contributed by atoms with van der Waals surface area (Å²) >= 11 is 0. The number of halogens is 1. The summed E-state index contributed by atoms with van der Waals surface area (Å²) in [5, 5.41) is 2.82. The number of hydrogen-bond donors (Lipinski definition) is 1. The van der Waals surface area contributed by atoms with E-state index < -0.39 is 9.84 Å². The summed E-state index contributed by atoms with van der Waals surface area (Å²) in [7, 11) is -3.10. The molecule has 1 aliphatic heterocycles. The summed E-state index contributed by atoms with van der Waals surface area (Å²) in [6.45, 7) is 1.38. The zero-order valence-corrected chi connectivity index (χ0v) is 9.85. The summed E-state index contributed by atoms with van der Waals surface area (Å²) in [6.07, 6.45) is 0.719. The van der Waals surface area contributed by atoms with E-state index >= 15 is 0 Å². The lowest BCUT2D eigenvalue weighted by atomic mass is 10.4. The highest BCUT2D eigenvalue weighted by Crippen LogP contribution is 2.19. The van der Waals surface area contributed by atoms with Gasteiger partial charge in [-0.3, -0.25) is 0 Å². The van der Waals surface area contributed by atoms with Crippen molar-refractivity contribution >= 4 is 22.2 Å². The Morgan fingerprint density at radius 2 is 1.87 bits per heavy atom. The van der Waals surface area contributed by atoms with E-state index in [-0.39, 0.29) is 17.7 Å². The summed E-state index contributed by atoms with van der Waals surface area (Å²) in [6, 6.07) is 8.66. The fourth-order valence-electron chi connectivity index (χ4n) is 1.70. The monoisotopic (exact) mass is 247 g/mol. The summed E-state index contributed by atoms with van der Waals surface area (Å²) in [4.78, 5) is 0.439. The molecule has 1 fully saturated rings. The second kappa shape index (κ2) is 4.96. The first-order chi connectivity index (χ1) is 6.71. The van der Waals surface area contributed by atoms with Crippen molar-refractivity contribution in [1.82, 2.24) is 5.32 Å². The Bertz CT molecular complexity index is 399. The fraction of sp³-hybridized carbons (Fsp3) is 0.400. The van der Waals surface area contributed by atoms with E-state index in [1.165, 1.54) is 0 Å². The molecule has 0 aliphatic carbocycles. The molecule has 0 saturated carbocycles. The van der Waals surface area contributed by atoms with Gasteiger partial charge in [0.15, 0.2) is 9.84 Å². The minimum atomic E-state index is -3.10. The van der Waals surface area contributed by atoms with Gasteiger partial charge in [-0.05, 0) is 25.1 Å². The minimum Gasteiger partial charge on any atom is -0.315 e. The molecule has 3 nitrogen and oxygen atoms in total. The maximum Gasteiger partial charge on any atom is 0.182 e. The molecule has 15 heavy (non-hydrogen) atoms. The Kier molecular flexibility index (Phi) is 4.13. The Balaban J connectivity index is 0.00000112. The summed E-state index contributed by atoms with van der Waals surface area (Å²) in [5.74, 6) is 0. The molecular weight excluding hydrogens is 234 g/mol. The normalized spacial score (nSPS) is 20.9. The zero-order chi connectivity index (χ0) is 10.0. The molecule has 0 aromatic heterocycles. The molecule has 1 N–H and O–H groups in total. The highest BCUT2D eigenvalue weighted by Gasteiger charge is 2.29. The highest BCUT2D eigenvalue weighted by atomic mass is 35.5. The number of nitrogens with one attached hydrogen (secondary N) is 1. The molecule has 0 radical (unpaired) electrons. The molecule has 5 heteroatoms. The van der Waals surface area contributed by atoms with Crippen LogP contribution >= 0.6 is 12.4 Å². The molecule has 0 spiro atoms. The predicted molar refractivity (Wildman–Crippen MR) is 62.2 cm³/mol. The van der Waals surface area contributed by atoms with Gasteiger partial charge in [-0.1, -0.05) is 18.2 Å². The van der Waals surface area contributed by atoms with E-state index in [1.807, 2.05) is 6.07 Å². The molecule has 1 atom stereocenters. The Morgan fingerprint density at radius 3 is 2.40 bits per heavy atom. The van der Waals surface area contributed by atoms with Crippen LogP contribution in [0.25, 0.3) is 0 Å². The Morgan fingerprint density at radius 1 is 1.20 bits per heavy atom. The summed E-state index contributed by atoms with van der Waals surface area (Å²) < 4.78 is 24.0. The second-order valence-corrected chi connectivity index (χ2v) is 5.70. The van der Waals surface area contributed by atoms with Crippen molar-refractivity contribution in [2.24, 2.45) is 0 Å². The smallest absolute Gasteiger partial charge is 0.182 e. The standard InChI is InChI=1S/C10H13NO2S.ClH/c12-14(13,10-6-7-11-8-10)9-4-2-1-3-5-9;/h1-5,10-11H,6-8H2;1H. The minimum absolute atomic E-state index is 0.